The zero-order valence-corrected chi connectivity index (χ0v) is 24.0. The number of aryl methyl sites for hydroxylation is 1. The van der Waals surface area contributed by atoms with Crippen LogP contribution < -0.4 is 17.0 Å². The van der Waals surface area contributed by atoms with Crippen LogP contribution in [0, 0.1) is 6.92 Å². The number of fused-ring (bicyclic) bond motifs is 1. The maximum absolute atomic E-state index is 11.7. The molecule has 2 saturated heterocycles. The third-order valence-corrected chi connectivity index (χ3v) is 7.35. The van der Waals surface area contributed by atoms with E-state index in [0.29, 0.717) is 16.7 Å². The molecule has 6 atom stereocenters. The lowest BCUT2D eigenvalue weighted by Crippen LogP contribution is -2.33. The van der Waals surface area contributed by atoms with Crippen LogP contribution in [0.2, 0.25) is 0 Å². The van der Waals surface area contributed by atoms with Gasteiger partial charge in [-0.3, -0.25) is 28.0 Å². The number of hydrogen-bond donors (Lipinski definition) is 8. The van der Waals surface area contributed by atoms with Gasteiger partial charge < -0.3 is 45.0 Å². The average molecular weight is 653 g/mol. The van der Waals surface area contributed by atoms with Crippen molar-refractivity contribution in [3.63, 3.8) is 0 Å². The Hall–Kier alpha value is -2.91. The minimum absolute atomic E-state index is 0.0283. The van der Waals surface area contributed by atoms with E-state index in [1.54, 1.807) is 4.57 Å². The molecule has 2 fully saturated rings. The van der Waals surface area contributed by atoms with E-state index in [1.807, 2.05) is 0 Å². The van der Waals surface area contributed by atoms with Crippen LogP contribution in [0.5, 0.6) is 0 Å². The van der Waals surface area contributed by atoms with E-state index in [4.69, 9.17) is 34.8 Å². The Bertz CT molecular complexity index is 1650. The summed E-state index contributed by atoms with van der Waals surface area (Å²) < 4.78 is 43.6. The number of phosphoric acid groups is 2. The van der Waals surface area contributed by atoms with Crippen LogP contribution in [0.4, 0.5) is 5.82 Å². The van der Waals surface area contributed by atoms with Gasteiger partial charge in [0.1, 0.15) is 36.5 Å². The van der Waals surface area contributed by atoms with Crippen molar-refractivity contribution in [2.45, 2.75) is 56.6 Å². The highest BCUT2D eigenvalue weighted by molar-refractivity contribution is 7.46. The first-order valence-electron chi connectivity index (χ1n) is 12.3. The number of imidazole rings is 1. The third-order valence-electron chi connectivity index (χ3n) is 6.38. The Morgan fingerprint density at radius 3 is 2.02 bits per heavy atom. The van der Waals surface area contributed by atoms with E-state index >= 15 is 0 Å². The molecule has 0 amide bonds. The first kappa shape index (κ1) is 33.0. The highest BCUT2D eigenvalue weighted by Gasteiger charge is 2.38. The number of nitrogens with zero attached hydrogens (tertiary/aromatic N) is 5. The van der Waals surface area contributed by atoms with Gasteiger partial charge in [-0.05, 0) is 6.92 Å². The van der Waals surface area contributed by atoms with Crippen LogP contribution in [0.3, 0.4) is 0 Å². The topological polar surface area (TPSA) is 317 Å². The number of rotatable bonds is 8. The first-order valence-corrected chi connectivity index (χ1v) is 15.4. The van der Waals surface area contributed by atoms with Gasteiger partial charge in [0.2, 0.25) is 0 Å². The fraction of sp³-hybridized carbons (Fsp3) is 0.550. The lowest BCUT2D eigenvalue weighted by molar-refractivity contribution is -0.0451. The van der Waals surface area contributed by atoms with Gasteiger partial charge >= 0.3 is 21.3 Å². The maximum atomic E-state index is 11.7. The Labute approximate surface area is 240 Å². The predicted octanol–water partition coefficient (Wildman–Crippen LogP) is -2.23. The Morgan fingerprint density at radius 1 is 0.953 bits per heavy atom. The quantitative estimate of drug-likeness (QED) is 0.119. The van der Waals surface area contributed by atoms with Gasteiger partial charge in [-0.15, -0.1) is 0 Å². The minimum Gasteiger partial charge on any atom is -0.390 e. The number of nitrogens with two attached hydrogens (primary N) is 1. The molecule has 2 aliphatic heterocycles. The fourth-order valence-corrected chi connectivity index (χ4v) is 4.98. The number of aliphatic hydroxyl groups is 2. The third kappa shape index (κ3) is 8.38. The number of nitrogens with one attached hydrogen (secondary N) is 1. The van der Waals surface area contributed by atoms with Crippen molar-refractivity contribution in [2.24, 2.45) is 0 Å². The molecule has 0 spiro atoms. The molecule has 3 aromatic rings. The van der Waals surface area contributed by atoms with Crippen LogP contribution in [0.1, 0.15) is 30.9 Å². The Kier molecular flexibility index (Phi) is 9.96. The van der Waals surface area contributed by atoms with Crippen molar-refractivity contribution in [1.29, 1.82) is 0 Å². The van der Waals surface area contributed by atoms with E-state index < -0.39 is 77.0 Å². The molecular formula is C20H29N7O14P2. The van der Waals surface area contributed by atoms with Gasteiger partial charge in [-0.25, -0.2) is 28.9 Å². The lowest BCUT2D eigenvalue weighted by Gasteiger charge is -2.16. The van der Waals surface area contributed by atoms with Gasteiger partial charge in [-0.2, -0.15) is 0 Å². The number of H-pyrrole nitrogens is 1. The molecule has 0 aromatic carbocycles. The van der Waals surface area contributed by atoms with Gasteiger partial charge in [-0.1, -0.05) is 0 Å². The van der Waals surface area contributed by atoms with Crippen molar-refractivity contribution < 1.29 is 57.4 Å². The second kappa shape index (κ2) is 13.0. The molecule has 3 aromatic heterocycles. The van der Waals surface area contributed by atoms with Crippen LogP contribution in [0.25, 0.3) is 11.2 Å². The molecule has 238 valence electrons. The summed E-state index contributed by atoms with van der Waals surface area (Å²) in [5.41, 5.74) is 5.63. The van der Waals surface area contributed by atoms with Crippen LogP contribution >= 0.6 is 15.6 Å². The monoisotopic (exact) mass is 653 g/mol. The zero-order chi connectivity index (χ0) is 31.7. The number of aromatic nitrogens is 6. The molecular weight excluding hydrogens is 624 g/mol. The van der Waals surface area contributed by atoms with Crippen molar-refractivity contribution in [2.75, 3.05) is 18.9 Å². The number of nitrogen functional groups attached to an aromatic ring is 1. The maximum Gasteiger partial charge on any atom is 0.469 e. The first-order chi connectivity index (χ1) is 20.0. The summed E-state index contributed by atoms with van der Waals surface area (Å²) in [6.45, 7) is 0.569. The number of aromatic amines is 1. The van der Waals surface area contributed by atoms with Crippen LogP contribution in [0.15, 0.2) is 28.4 Å². The Balaban J connectivity index is 0.000000197. The second-order valence-corrected chi connectivity index (χ2v) is 12.0. The fourth-order valence-electron chi connectivity index (χ4n) is 4.29. The SMILES string of the molecule is Cc1cn(C2CC(O)C(COP(=O)(O)O)O2)c(=O)[nH]c1=O.Nc1ncnc2c1ncn2C1CC(O)C(COP(=O)(O)O)O1. The summed E-state index contributed by atoms with van der Waals surface area (Å²) in [6, 6.07) is 0. The number of aliphatic hydroxyl groups excluding tert-OH is 2. The van der Waals surface area contributed by atoms with E-state index in [9.17, 15) is 28.9 Å². The summed E-state index contributed by atoms with van der Waals surface area (Å²) in [5, 5.41) is 19.7. The molecule has 0 radical (unpaired) electrons. The van der Waals surface area contributed by atoms with Crippen molar-refractivity contribution in [3.05, 3.63) is 45.3 Å². The number of ether oxygens (including phenoxy) is 2. The molecule has 0 saturated carbocycles. The molecule has 5 rings (SSSR count). The van der Waals surface area contributed by atoms with Crippen LogP contribution in [-0.4, -0.2) is 96.5 Å². The Morgan fingerprint density at radius 2 is 1.49 bits per heavy atom. The molecule has 23 heteroatoms. The summed E-state index contributed by atoms with van der Waals surface area (Å²) in [7, 11) is -9.28. The molecule has 2 aliphatic rings. The number of hydrogen-bond acceptors (Lipinski definition) is 14. The van der Waals surface area contributed by atoms with Gasteiger partial charge in [0.25, 0.3) is 5.56 Å². The molecule has 9 N–H and O–H groups in total. The largest absolute Gasteiger partial charge is 0.469 e. The number of anilines is 1. The standard InChI is InChI=1S/C10H14N5O6P.C10H15N2O8P/c11-9-8-10(13-3-12-9)15(4-14-8)7-1-5(16)6(21-7)2-20-22(17,18)19;1-5-3-12(10(15)11-9(5)14)8-2-6(13)7(20-8)4-19-21(16,17)18/h3-7,16H,1-2H2,(H2,11,12,13)(H2,17,18,19);3,6-8,13H,2,4H2,1H3,(H,11,14,15)(H2,16,17,18). The van der Waals surface area contributed by atoms with E-state index in [2.05, 4.69) is 29.0 Å². The summed E-state index contributed by atoms with van der Waals surface area (Å²) >= 11 is 0. The predicted molar refractivity (Wildman–Crippen MR) is 141 cm³/mol. The molecule has 21 nitrogen and oxygen atoms in total. The van der Waals surface area contributed by atoms with Crippen molar-refractivity contribution in [3.8, 4) is 0 Å². The molecule has 0 aliphatic carbocycles. The normalized spacial score (nSPS) is 26.0. The molecule has 6 unspecified atom stereocenters. The summed E-state index contributed by atoms with van der Waals surface area (Å²) in [4.78, 5) is 71.7. The highest BCUT2D eigenvalue weighted by atomic mass is 31.2. The molecule has 0 bridgehead atoms. The van der Waals surface area contributed by atoms with Crippen LogP contribution in [-0.2, 0) is 27.7 Å². The minimum atomic E-state index is -4.67. The molecule has 5 heterocycles. The average Bonchev–Trinajstić information content (AvgIpc) is 3.60. The smallest absolute Gasteiger partial charge is 0.390 e. The second-order valence-electron chi connectivity index (χ2n) is 9.50. The van der Waals surface area contributed by atoms with Gasteiger partial charge in [0.05, 0.1) is 31.7 Å². The molecule has 43 heavy (non-hydrogen) atoms. The highest BCUT2D eigenvalue weighted by Crippen LogP contribution is 2.39. The van der Waals surface area contributed by atoms with Crippen molar-refractivity contribution in [1.82, 2.24) is 29.1 Å². The van der Waals surface area contributed by atoms with Gasteiger partial charge in [0.15, 0.2) is 11.5 Å². The summed E-state index contributed by atoms with van der Waals surface area (Å²) in [6.07, 6.45) is -1.02. The van der Waals surface area contributed by atoms with E-state index in [1.165, 1.54) is 25.8 Å². The lowest BCUT2D eigenvalue weighted by atomic mass is 10.2. The zero-order valence-electron chi connectivity index (χ0n) is 22.2. The van der Waals surface area contributed by atoms with E-state index in [-0.39, 0.29) is 18.7 Å². The van der Waals surface area contributed by atoms with Crippen molar-refractivity contribution >= 4 is 32.6 Å². The summed E-state index contributed by atoms with van der Waals surface area (Å²) in [5.74, 6) is 0.226. The number of phosphoric ester groups is 2. The van der Waals surface area contributed by atoms with Gasteiger partial charge in [0, 0.05) is 24.6 Å². The van der Waals surface area contributed by atoms with E-state index in [0.717, 1.165) is 4.57 Å².